The number of methoxy groups -OCH3 is 1. The van der Waals surface area contributed by atoms with Gasteiger partial charge in [-0.25, -0.2) is 4.98 Å². The minimum Gasteiger partial charge on any atom is -0.364 e. The second-order valence-corrected chi connectivity index (χ2v) is 5.52. The van der Waals surface area contributed by atoms with Crippen LogP contribution in [0.2, 0.25) is 0 Å². The highest BCUT2D eigenvalue weighted by molar-refractivity contribution is 9.08. The number of benzene rings is 2. The number of fused-ring (bicyclic) bond motifs is 3. The summed E-state index contributed by atoms with van der Waals surface area (Å²) in [6.07, 6.45) is 0. The first-order chi connectivity index (χ1) is 10.2. The minimum atomic E-state index is -0.0586. The molecule has 3 rings (SSSR count). The maximum Gasteiger partial charge on any atom is 0.263 e. The van der Waals surface area contributed by atoms with Crippen molar-refractivity contribution in [1.29, 1.82) is 0 Å². The molecular weight excluding hydrogens is 332 g/mol. The normalized spacial score (nSPS) is 11.4. The van der Waals surface area contributed by atoms with Gasteiger partial charge >= 0.3 is 0 Å². The predicted molar refractivity (Wildman–Crippen MR) is 87.9 cm³/mol. The van der Waals surface area contributed by atoms with Crippen molar-refractivity contribution in [1.82, 2.24) is 9.55 Å². The third-order valence-corrected chi connectivity index (χ3v) is 4.26. The summed E-state index contributed by atoms with van der Waals surface area (Å²) in [7, 11) is 1.57. The number of ether oxygens (including phenoxy) is 1. The number of hydrogen-bond acceptors (Lipinski definition) is 3. The molecule has 0 aliphatic heterocycles. The predicted octanol–water partition coefficient (Wildman–Crippen LogP) is 3.36. The summed E-state index contributed by atoms with van der Waals surface area (Å²) < 4.78 is 6.67. The quantitative estimate of drug-likeness (QED) is 0.539. The SMILES string of the molecule is COCn1c(C)nc2ccc3ccc(CBr)cc3c2c1=O. The molecule has 0 fully saturated rings. The van der Waals surface area contributed by atoms with Gasteiger partial charge in [-0.3, -0.25) is 9.36 Å². The number of alkyl halides is 1. The van der Waals surface area contributed by atoms with Gasteiger partial charge in [0.25, 0.3) is 5.56 Å². The van der Waals surface area contributed by atoms with E-state index in [9.17, 15) is 4.79 Å². The summed E-state index contributed by atoms with van der Waals surface area (Å²) in [5.74, 6) is 0.658. The molecule has 0 radical (unpaired) electrons. The lowest BCUT2D eigenvalue weighted by Crippen LogP contribution is -2.24. The van der Waals surface area contributed by atoms with Crippen LogP contribution in [0.3, 0.4) is 0 Å². The van der Waals surface area contributed by atoms with Crippen LogP contribution in [0.1, 0.15) is 11.4 Å². The Labute approximate surface area is 130 Å². The van der Waals surface area contributed by atoms with Crippen LogP contribution in [0.15, 0.2) is 35.1 Å². The molecule has 0 saturated carbocycles. The first-order valence-corrected chi connectivity index (χ1v) is 7.75. The topological polar surface area (TPSA) is 44.1 Å². The van der Waals surface area contributed by atoms with Crippen molar-refractivity contribution in [2.24, 2.45) is 0 Å². The fraction of sp³-hybridized carbons (Fsp3) is 0.250. The molecule has 3 aromatic rings. The number of aromatic nitrogens is 2. The van der Waals surface area contributed by atoms with Crippen molar-refractivity contribution in [2.75, 3.05) is 7.11 Å². The Morgan fingerprint density at radius 1 is 1.29 bits per heavy atom. The lowest BCUT2D eigenvalue weighted by molar-refractivity contribution is 0.126. The molecule has 0 bridgehead atoms. The van der Waals surface area contributed by atoms with E-state index < -0.39 is 0 Å². The van der Waals surface area contributed by atoms with Gasteiger partial charge in [0.1, 0.15) is 12.6 Å². The van der Waals surface area contributed by atoms with Gasteiger partial charge in [-0.05, 0) is 35.4 Å². The van der Waals surface area contributed by atoms with Crippen molar-refractivity contribution in [3.63, 3.8) is 0 Å². The van der Waals surface area contributed by atoms with Crippen molar-refractivity contribution in [3.05, 3.63) is 52.1 Å². The molecule has 0 spiro atoms. The van der Waals surface area contributed by atoms with Gasteiger partial charge in [0.05, 0.1) is 10.9 Å². The fourth-order valence-corrected chi connectivity index (χ4v) is 2.90. The molecule has 0 saturated heterocycles. The highest BCUT2D eigenvalue weighted by Crippen LogP contribution is 2.24. The number of rotatable bonds is 3. The molecular formula is C16H15BrN2O2. The largest absolute Gasteiger partial charge is 0.364 e. The van der Waals surface area contributed by atoms with Gasteiger partial charge in [0.2, 0.25) is 0 Å². The molecule has 0 aliphatic rings. The van der Waals surface area contributed by atoms with E-state index >= 15 is 0 Å². The summed E-state index contributed by atoms with van der Waals surface area (Å²) in [6.45, 7) is 2.03. The Balaban J connectivity index is 2.47. The summed E-state index contributed by atoms with van der Waals surface area (Å²) >= 11 is 3.46. The number of nitrogens with zero attached hydrogens (tertiary/aromatic N) is 2. The molecule has 2 aromatic carbocycles. The maximum atomic E-state index is 12.8. The van der Waals surface area contributed by atoms with Crippen LogP contribution in [0.25, 0.3) is 21.7 Å². The van der Waals surface area contributed by atoms with Crippen LogP contribution in [-0.2, 0) is 16.8 Å². The zero-order chi connectivity index (χ0) is 15.0. The lowest BCUT2D eigenvalue weighted by Gasteiger charge is -2.11. The summed E-state index contributed by atoms with van der Waals surface area (Å²) in [4.78, 5) is 17.3. The number of aryl methyl sites for hydroxylation is 1. The molecule has 21 heavy (non-hydrogen) atoms. The van der Waals surface area contributed by atoms with Gasteiger partial charge in [0.15, 0.2) is 0 Å². The number of hydrogen-bond donors (Lipinski definition) is 0. The maximum absolute atomic E-state index is 12.8. The summed E-state index contributed by atoms with van der Waals surface area (Å²) in [5.41, 5.74) is 1.80. The van der Waals surface area contributed by atoms with E-state index in [4.69, 9.17) is 4.74 Å². The van der Waals surface area contributed by atoms with Crippen LogP contribution in [0.5, 0.6) is 0 Å². The van der Waals surface area contributed by atoms with Gasteiger partial charge in [-0.1, -0.05) is 34.1 Å². The molecule has 0 aliphatic carbocycles. The monoisotopic (exact) mass is 346 g/mol. The molecule has 108 valence electrons. The Morgan fingerprint density at radius 2 is 2.05 bits per heavy atom. The van der Waals surface area contributed by atoms with E-state index in [-0.39, 0.29) is 12.3 Å². The van der Waals surface area contributed by atoms with Crippen molar-refractivity contribution >= 4 is 37.6 Å². The molecule has 0 N–H and O–H groups in total. The van der Waals surface area contributed by atoms with Gasteiger partial charge in [-0.15, -0.1) is 0 Å². The minimum absolute atomic E-state index is 0.0586. The standard InChI is InChI=1S/C16H15BrN2O2/c1-10-18-14-6-5-12-4-3-11(8-17)7-13(12)15(14)16(20)19(10)9-21-2/h3-7H,8-9H2,1-2H3. The molecule has 0 amide bonds. The molecule has 1 aromatic heterocycles. The van der Waals surface area contributed by atoms with E-state index in [2.05, 4.69) is 27.0 Å². The molecule has 1 heterocycles. The Kier molecular flexibility index (Phi) is 3.78. The van der Waals surface area contributed by atoms with E-state index in [0.29, 0.717) is 11.2 Å². The van der Waals surface area contributed by atoms with Crippen LogP contribution >= 0.6 is 15.9 Å². The molecule has 4 nitrogen and oxygen atoms in total. The first-order valence-electron chi connectivity index (χ1n) is 6.63. The number of halogens is 1. The first kappa shape index (κ1) is 14.2. The summed E-state index contributed by atoms with van der Waals surface area (Å²) in [5, 5.41) is 3.38. The third kappa shape index (κ3) is 2.36. The fourth-order valence-electron chi connectivity index (χ4n) is 2.55. The lowest BCUT2D eigenvalue weighted by atomic mass is 10.0. The van der Waals surface area contributed by atoms with Gasteiger partial charge < -0.3 is 4.74 Å². The van der Waals surface area contributed by atoms with Crippen LogP contribution in [-0.4, -0.2) is 16.7 Å². The highest BCUT2D eigenvalue weighted by atomic mass is 79.9. The van der Waals surface area contributed by atoms with E-state index in [1.54, 1.807) is 11.7 Å². The summed E-state index contributed by atoms with van der Waals surface area (Å²) in [6, 6.07) is 10.0. The molecule has 0 atom stereocenters. The molecule has 5 heteroatoms. The van der Waals surface area contributed by atoms with Gasteiger partial charge in [0, 0.05) is 12.4 Å². The second kappa shape index (κ2) is 5.58. The third-order valence-electron chi connectivity index (χ3n) is 3.61. The average Bonchev–Trinajstić information content (AvgIpc) is 2.50. The molecule has 0 unspecified atom stereocenters. The second-order valence-electron chi connectivity index (χ2n) is 4.96. The zero-order valence-electron chi connectivity index (χ0n) is 11.9. The van der Waals surface area contributed by atoms with Crippen LogP contribution in [0.4, 0.5) is 0 Å². The van der Waals surface area contributed by atoms with Crippen molar-refractivity contribution in [3.8, 4) is 0 Å². The van der Waals surface area contributed by atoms with Crippen LogP contribution in [0, 0.1) is 6.92 Å². The Bertz CT molecular complexity index is 887. The Hall–Kier alpha value is -1.72. The smallest absolute Gasteiger partial charge is 0.263 e. The van der Waals surface area contributed by atoms with Crippen molar-refractivity contribution < 1.29 is 4.74 Å². The van der Waals surface area contributed by atoms with E-state index in [1.807, 2.05) is 31.2 Å². The van der Waals surface area contributed by atoms with Crippen LogP contribution < -0.4 is 5.56 Å². The average molecular weight is 347 g/mol. The zero-order valence-corrected chi connectivity index (χ0v) is 13.5. The highest BCUT2D eigenvalue weighted by Gasteiger charge is 2.11. The van der Waals surface area contributed by atoms with Gasteiger partial charge in [-0.2, -0.15) is 0 Å². The Morgan fingerprint density at radius 3 is 2.76 bits per heavy atom. The van der Waals surface area contributed by atoms with E-state index in [1.165, 1.54) is 0 Å². The van der Waals surface area contributed by atoms with Crippen molar-refractivity contribution in [2.45, 2.75) is 19.0 Å². The van der Waals surface area contributed by atoms with E-state index in [0.717, 1.165) is 27.2 Å².